The van der Waals surface area contributed by atoms with Gasteiger partial charge in [0, 0.05) is 31.5 Å². The van der Waals surface area contributed by atoms with Crippen LogP contribution in [0.15, 0.2) is 30.3 Å². The third-order valence-electron chi connectivity index (χ3n) is 3.53. The molecular formula is C15H22N2O. The summed E-state index contributed by atoms with van der Waals surface area (Å²) in [6, 6.07) is 10.3. The molecule has 3 nitrogen and oxygen atoms in total. The maximum Gasteiger partial charge on any atom is 0.222 e. The lowest BCUT2D eigenvalue weighted by atomic mass is 9.95. The summed E-state index contributed by atoms with van der Waals surface area (Å²) in [7, 11) is 0. The summed E-state index contributed by atoms with van der Waals surface area (Å²) in [5.41, 5.74) is 7.42. The molecule has 0 aromatic heterocycles. The average Bonchev–Trinajstić information content (AvgIpc) is 2.72. The molecule has 1 aromatic carbocycles. The van der Waals surface area contributed by atoms with Crippen molar-refractivity contribution in [2.24, 2.45) is 11.7 Å². The second-order valence-electron chi connectivity index (χ2n) is 5.58. The van der Waals surface area contributed by atoms with Crippen molar-refractivity contribution in [1.29, 1.82) is 0 Å². The van der Waals surface area contributed by atoms with Crippen LogP contribution in [0.4, 0.5) is 0 Å². The van der Waals surface area contributed by atoms with Gasteiger partial charge in [0.15, 0.2) is 0 Å². The fourth-order valence-electron chi connectivity index (χ4n) is 2.56. The lowest BCUT2D eigenvalue weighted by Gasteiger charge is -2.17. The van der Waals surface area contributed by atoms with Gasteiger partial charge in [-0.1, -0.05) is 44.2 Å². The molecule has 2 rings (SSSR count). The molecule has 0 aliphatic carbocycles. The predicted molar refractivity (Wildman–Crippen MR) is 73.2 cm³/mol. The average molecular weight is 246 g/mol. The SMILES string of the molecule is CC(C)CC(=O)N1C[C@@H](N)[C@H](c2ccccc2)C1. The van der Waals surface area contributed by atoms with Crippen LogP contribution in [0.1, 0.15) is 31.7 Å². The molecule has 3 heteroatoms. The van der Waals surface area contributed by atoms with E-state index in [0.717, 1.165) is 6.54 Å². The number of hydrogen-bond acceptors (Lipinski definition) is 2. The van der Waals surface area contributed by atoms with Gasteiger partial charge in [-0.05, 0) is 11.5 Å². The van der Waals surface area contributed by atoms with E-state index in [9.17, 15) is 4.79 Å². The number of likely N-dealkylation sites (tertiary alicyclic amines) is 1. The van der Waals surface area contributed by atoms with Gasteiger partial charge in [-0.2, -0.15) is 0 Å². The maximum absolute atomic E-state index is 12.0. The molecule has 1 aromatic rings. The first-order valence-corrected chi connectivity index (χ1v) is 6.66. The number of hydrogen-bond donors (Lipinski definition) is 1. The van der Waals surface area contributed by atoms with Crippen LogP contribution in [0.25, 0.3) is 0 Å². The third kappa shape index (κ3) is 2.91. The number of carbonyl (C=O) groups is 1. The standard InChI is InChI=1S/C15H22N2O/c1-11(2)8-15(18)17-9-13(14(16)10-17)12-6-4-3-5-7-12/h3-7,11,13-14H,8-10,16H2,1-2H3/t13-,14+/m0/s1. The third-order valence-corrected chi connectivity index (χ3v) is 3.53. The number of nitrogens with two attached hydrogens (primary N) is 1. The van der Waals surface area contributed by atoms with Gasteiger partial charge < -0.3 is 10.6 Å². The zero-order chi connectivity index (χ0) is 13.1. The number of amides is 1. The zero-order valence-electron chi connectivity index (χ0n) is 11.2. The summed E-state index contributed by atoms with van der Waals surface area (Å²) in [5.74, 6) is 0.922. The normalized spacial score (nSPS) is 23.7. The van der Waals surface area contributed by atoms with Crippen LogP contribution in [-0.2, 0) is 4.79 Å². The second-order valence-corrected chi connectivity index (χ2v) is 5.58. The van der Waals surface area contributed by atoms with E-state index in [1.54, 1.807) is 0 Å². The van der Waals surface area contributed by atoms with E-state index >= 15 is 0 Å². The Morgan fingerprint density at radius 2 is 2.00 bits per heavy atom. The van der Waals surface area contributed by atoms with Crippen molar-refractivity contribution in [3.8, 4) is 0 Å². The van der Waals surface area contributed by atoms with E-state index in [-0.39, 0.29) is 17.9 Å². The van der Waals surface area contributed by atoms with Gasteiger partial charge in [0.25, 0.3) is 0 Å². The first kappa shape index (κ1) is 13.1. The Morgan fingerprint density at radius 3 is 2.61 bits per heavy atom. The second kappa shape index (κ2) is 5.53. The molecule has 1 aliphatic heterocycles. The number of nitrogens with zero attached hydrogens (tertiary/aromatic N) is 1. The van der Waals surface area contributed by atoms with Crippen LogP contribution in [-0.4, -0.2) is 29.9 Å². The van der Waals surface area contributed by atoms with Crippen LogP contribution >= 0.6 is 0 Å². The van der Waals surface area contributed by atoms with Crippen LogP contribution in [0.5, 0.6) is 0 Å². The van der Waals surface area contributed by atoms with Gasteiger partial charge in [0.2, 0.25) is 5.91 Å². The van der Waals surface area contributed by atoms with E-state index in [2.05, 4.69) is 26.0 Å². The maximum atomic E-state index is 12.0. The van der Waals surface area contributed by atoms with Gasteiger partial charge in [0.1, 0.15) is 0 Å². The molecule has 0 saturated carbocycles. The van der Waals surface area contributed by atoms with Crippen molar-refractivity contribution in [1.82, 2.24) is 4.90 Å². The van der Waals surface area contributed by atoms with Gasteiger partial charge in [0.05, 0.1) is 0 Å². The van der Waals surface area contributed by atoms with E-state index in [1.165, 1.54) is 5.56 Å². The number of carbonyl (C=O) groups excluding carboxylic acids is 1. The fourth-order valence-corrected chi connectivity index (χ4v) is 2.56. The van der Waals surface area contributed by atoms with Crippen LogP contribution in [0.2, 0.25) is 0 Å². The Balaban J connectivity index is 2.03. The van der Waals surface area contributed by atoms with Gasteiger partial charge in [-0.15, -0.1) is 0 Å². The molecule has 2 N–H and O–H groups in total. The highest BCUT2D eigenvalue weighted by Gasteiger charge is 2.33. The van der Waals surface area contributed by atoms with E-state index in [4.69, 9.17) is 5.73 Å². The Hall–Kier alpha value is -1.35. The van der Waals surface area contributed by atoms with Crippen molar-refractivity contribution < 1.29 is 4.79 Å². The molecule has 0 bridgehead atoms. The molecule has 1 aliphatic rings. The quantitative estimate of drug-likeness (QED) is 0.886. The van der Waals surface area contributed by atoms with Crippen molar-refractivity contribution in [2.75, 3.05) is 13.1 Å². The van der Waals surface area contributed by atoms with Crippen molar-refractivity contribution in [3.05, 3.63) is 35.9 Å². The molecule has 0 spiro atoms. The minimum Gasteiger partial charge on any atom is -0.340 e. The monoisotopic (exact) mass is 246 g/mol. The first-order valence-electron chi connectivity index (χ1n) is 6.66. The van der Waals surface area contributed by atoms with E-state index in [1.807, 2.05) is 23.1 Å². The van der Waals surface area contributed by atoms with Gasteiger partial charge in [-0.25, -0.2) is 0 Å². The highest BCUT2D eigenvalue weighted by molar-refractivity contribution is 5.77. The summed E-state index contributed by atoms with van der Waals surface area (Å²) >= 11 is 0. The summed E-state index contributed by atoms with van der Waals surface area (Å²) < 4.78 is 0. The predicted octanol–water partition coefficient (Wildman–Crippen LogP) is 1.99. The molecule has 1 heterocycles. The Morgan fingerprint density at radius 1 is 1.33 bits per heavy atom. The number of benzene rings is 1. The smallest absolute Gasteiger partial charge is 0.222 e. The fraction of sp³-hybridized carbons (Fsp3) is 0.533. The van der Waals surface area contributed by atoms with Crippen molar-refractivity contribution in [3.63, 3.8) is 0 Å². The molecular weight excluding hydrogens is 224 g/mol. The Kier molecular flexibility index (Phi) is 4.02. The van der Waals surface area contributed by atoms with Crippen LogP contribution in [0.3, 0.4) is 0 Å². The van der Waals surface area contributed by atoms with E-state index in [0.29, 0.717) is 18.9 Å². The summed E-state index contributed by atoms with van der Waals surface area (Å²) in [6.07, 6.45) is 0.619. The molecule has 1 amide bonds. The van der Waals surface area contributed by atoms with Gasteiger partial charge in [-0.3, -0.25) is 4.79 Å². The minimum absolute atomic E-state index is 0.0588. The molecule has 18 heavy (non-hydrogen) atoms. The minimum atomic E-state index is 0.0588. The lowest BCUT2D eigenvalue weighted by Crippen LogP contribution is -2.32. The highest BCUT2D eigenvalue weighted by atomic mass is 16.2. The van der Waals surface area contributed by atoms with Crippen molar-refractivity contribution in [2.45, 2.75) is 32.2 Å². The van der Waals surface area contributed by atoms with E-state index < -0.39 is 0 Å². The summed E-state index contributed by atoms with van der Waals surface area (Å²) in [6.45, 7) is 5.59. The number of rotatable bonds is 3. The molecule has 0 unspecified atom stereocenters. The molecule has 0 radical (unpaired) electrons. The van der Waals surface area contributed by atoms with Gasteiger partial charge >= 0.3 is 0 Å². The summed E-state index contributed by atoms with van der Waals surface area (Å²) in [5, 5.41) is 0. The topological polar surface area (TPSA) is 46.3 Å². The molecule has 1 saturated heterocycles. The summed E-state index contributed by atoms with van der Waals surface area (Å²) in [4.78, 5) is 14.0. The largest absolute Gasteiger partial charge is 0.340 e. The Bertz CT molecular complexity index is 402. The lowest BCUT2D eigenvalue weighted by molar-refractivity contribution is -0.130. The van der Waals surface area contributed by atoms with Crippen LogP contribution < -0.4 is 5.73 Å². The van der Waals surface area contributed by atoms with Crippen LogP contribution in [0, 0.1) is 5.92 Å². The van der Waals surface area contributed by atoms with Crippen molar-refractivity contribution >= 4 is 5.91 Å². The molecule has 2 atom stereocenters. The first-order chi connectivity index (χ1) is 8.58. The molecule has 1 fully saturated rings. The highest BCUT2D eigenvalue weighted by Crippen LogP contribution is 2.27. The molecule has 98 valence electrons. The Labute approximate surface area is 109 Å². The zero-order valence-corrected chi connectivity index (χ0v) is 11.2.